The van der Waals surface area contributed by atoms with Crippen molar-refractivity contribution < 1.29 is 4.74 Å². The van der Waals surface area contributed by atoms with Gasteiger partial charge in [0, 0.05) is 24.5 Å². The van der Waals surface area contributed by atoms with Crippen molar-refractivity contribution >= 4 is 11.8 Å². The van der Waals surface area contributed by atoms with E-state index in [-0.39, 0.29) is 0 Å². The molecule has 0 aromatic heterocycles. The van der Waals surface area contributed by atoms with Crippen LogP contribution < -0.4 is 10.1 Å². The Morgan fingerprint density at radius 1 is 1.44 bits per heavy atom. The first-order valence-corrected chi connectivity index (χ1v) is 6.32. The Bertz CT molecular complexity index is 425. The molecule has 0 aliphatic rings. The number of unbranched alkanes of at least 4 members (excludes halogenated alkanes) is 1. The van der Waals surface area contributed by atoms with Crippen LogP contribution in [0.3, 0.4) is 0 Å². The van der Waals surface area contributed by atoms with Crippen LogP contribution in [0.15, 0.2) is 24.4 Å². The Morgan fingerprint density at radius 3 is 2.78 bits per heavy atom. The summed E-state index contributed by atoms with van der Waals surface area (Å²) < 4.78 is 5.23. The van der Waals surface area contributed by atoms with Crippen molar-refractivity contribution in [3.8, 4) is 5.75 Å². The molecule has 0 spiro atoms. The highest BCUT2D eigenvalue weighted by Gasteiger charge is 2.02. The lowest BCUT2D eigenvalue weighted by atomic mass is 10.0. The maximum atomic E-state index is 7.48. The van der Waals surface area contributed by atoms with Crippen LogP contribution in [0.5, 0.6) is 5.75 Å². The third-order valence-electron chi connectivity index (χ3n) is 2.82. The standard InChI is InChI=1S/C15H22N2O/c1-4-5-8-17-11-14(10-16)13-6-7-15(18-3)12(2)9-13/h6-7,9-11,16-17H,4-5,8H2,1-3H3/b14-11+,16-10?. The summed E-state index contributed by atoms with van der Waals surface area (Å²) in [6.45, 7) is 5.12. The predicted octanol–water partition coefficient (Wildman–Crippen LogP) is 3.38. The van der Waals surface area contributed by atoms with Gasteiger partial charge in [0.05, 0.1) is 7.11 Å². The molecule has 0 fully saturated rings. The molecule has 18 heavy (non-hydrogen) atoms. The second kappa shape index (κ2) is 7.54. The summed E-state index contributed by atoms with van der Waals surface area (Å²) in [5, 5.41) is 10.7. The van der Waals surface area contributed by atoms with Gasteiger partial charge in [-0.25, -0.2) is 0 Å². The third-order valence-corrected chi connectivity index (χ3v) is 2.82. The number of rotatable bonds is 7. The SMILES string of the molecule is CCCCN/C=C(\C=N)c1ccc(OC)c(C)c1. The number of ether oxygens (including phenoxy) is 1. The van der Waals surface area contributed by atoms with Gasteiger partial charge >= 0.3 is 0 Å². The lowest BCUT2D eigenvalue weighted by Gasteiger charge is -2.08. The molecule has 1 aromatic rings. The van der Waals surface area contributed by atoms with Crippen molar-refractivity contribution in [2.75, 3.05) is 13.7 Å². The number of hydrogen-bond acceptors (Lipinski definition) is 3. The monoisotopic (exact) mass is 246 g/mol. The summed E-state index contributed by atoms with van der Waals surface area (Å²) in [5.41, 5.74) is 3.00. The minimum absolute atomic E-state index is 0.877. The molecule has 3 heteroatoms. The smallest absolute Gasteiger partial charge is 0.121 e. The van der Waals surface area contributed by atoms with Crippen LogP contribution in [0, 0.1) is 12.3 Å². The Kier molecular flexibility index (Phi) is 5.98. The Labute approximate surface area is 109 Å². The first kappa shape index (κ1) is 14.3. The molecule has 0 saturated carbocycles. The Morgan fingerprint density at radius 2 is 2.22 bits per heavy atom. The molecule has 0 bridgehead atoms. The first-order chi connectivity index (χ1) is 8.72. The van der Waals surface area contributed by atoms with Gasteiger partial charge in [-0.1, -0.05) is 19.4 Å². The molecule has 98 valence electrons. The molecular formula is C15H22N2O. The van der Waals surface area contributed by atoms with E-state index in [0.717, 1.165) is 35.4 Å². The van der Waals surface area contributed by atoms with Gasteiger partial charge in [0.25, 0.3) is 0 Å². The summed E-state index contributed by atoms with van der Waals surface area (Å²) >= 11 is 0. The topological polar surface area (TPSA) is 45.1 Å². The molecule has 0 heterocycles. The van der Waals surface area contributed by atoms with Gasteiger partial charge in [-0.15, -0.1) is 0 Å². The zero-order chi connectivity index (χ0) is 13.4. The van der Waals surface area contributed by atoms with E-state index in [0.29, 0.717) is 0 Å². The quantitative estimate of drug-likeness (QED) is 0.572. The van der Waals surface area contributed by atoms with E-state index in [9.17, 15) is 0 Å². The largest absolute Gasteiger partial charge is 0.496 e. The van der Waals surface area contributed by atoms with Crippen molar-refractivity contribution in [2.24, 2.45) is 0 Å². The number of nitrogens with one attached hydrogen (secondary N) is 2. The molecule has 0 radical (unpaired) electrons. The van der Waals surface area contributed by atoms with Gasteiger partial charge in [0.2, 0.25) is 0 Å². The van der Waals surface area contributed by atoms with E-state index >= 15 is 0 Å². The second-order valence-corrected chi connectivity index (χ2v) is 4.24. The van der Waals surface area contributed by atoms with Crippen molar-refractivity contribution in [1.82, 2.24) is 5.32 Å². The maximum absolute atomic E-state index is 7.48. The minimum Gasteiger partial charge on any atom is -0.496 e. The van der Waals surface area contributed by atoms with E-state index in [1.54, 1.807) is 7.11 Å². The lowest BCUT2D eigenvalue weighted by Crippen LogP contribution is -2.08. The van der Waals surface area contributed by atoms with Gasteiger partial charge in [-0.3, -0.25) is 0 Å². The molecule has 0 unspecified atom stereocenters. The number of aryl methyl sites for hydroxylation is 1. The highest BCUT2D eigenvalue weighted by Crippen LogP contribution is 2.22. The second-order valence-electron chi connectivity index (χ2n) is 4.24. The van der Waals surface area contributed by atoms with Crippen LogP contribution in [0.1, 0.15) is 30.9 Å². The van der Waals surface area contributed by atoms with E-state index in [2.05, 4.69) is 12.2 Å². The third kappa shape index (κ3) is 3.91. The zero-order valence-electron chi connectivity index (χ0n) is 11.4. The van der Waals surface area contributed by atoms with Gasteiger partial charge in [-0.05, 0) is 36.6 Å². The molecule has 0 aliphatic carbocycles. The molecule has 1 rings (SSSR count). The predicted molar refractivity (Wildman–Crippen MR) is 77.4 cm³/mol. The molecule has 0 saturated heterocycles. The minimum atomic E-state index is 0.877. The molecule has 0 aliphatic heterocycles. The highest BCUT2D eigenvalue weighted by atomic mass is 16.5. The van der Waals surface area contributed by atoms with Crippen LogP contribution in [0.2, 0.25) is 0 Å². The Hall–Kier alpha value is -1.77. The van der Waals surface area contributed by atoms with Gasteiger partial charge in [0.1, 0.15) is 5.75 Å². The average molecular weight is 246 g/mol. The zero-order valence-corrected chi connectivity index (χ0v) is 11.4. The van der Waals surface area contributed by atoms with E-state index in [1.165, 1.54) is 12.6 Å². The summed E-state index contributed by atoms with van der Waals surface area (Å²) in [7, 11) is 1.67. The molecule has 3 nitrogen and oxygen atoms in total. The van der Waals surface area contributed by atoms with Crippen LogP contribution >= 0.6 is 0 Å². The first-order valence-electron chi connectivity index (χ1n) is 6.32. The molecule has 0 amide bonds. The fourth-order valence-corrected chi connectivity index (χ4v) is 1.73. The van der Waals surface area contributed by atoms with Crippen LogP contribution in [-0.4, -0.2) is 19.9 Å². The number of methoxy groups -OCH3 is 1. The normalized spacial score (nSPS) is 11.2. The summed E-state index contributed by atoms with van der Waals surface area (Å²) in [6, 6.07) is 5.95. The summed E-state index contributed by atoms with van der Waals surface area (Å²) in [4.78, 5) is 0. The molecule has 0 atom stereocenters. The summed E-state index contributed by atoms with van der Waals surface area (Å²) in [5.74, 6) is 0.877. The van der Waals surface area contributed by atoms with Crippen molar-refractivity contribution in [3.05, 3.63) is 35.5 Å². The summed E-state index contributed by atoms with van der Waals surface area (Å²) in [6.07, 6.45) is 5.59. The lowest BCUT2D eigenvalue weighted by molar-refractivity contribution is 0.411. The van der Waals surface area contributed by atoms with Crippen LogP contribution in [0.4, 0.5) is 0 Å². The number of allylic oxidation sites excluding steroid dienone is 1. The fourth-order valence-electron chi connectivity index (χ4n) is 1.73. The average Bonchev–Trinajstić information content (AvgIpc) is 2.39. The number of hydrogen-bond donors (Lipinski definition) is 2. The van der Waals surface area contributed by atoms with Crippen LogP contribution in [0.25, 0.3) is 5.57 Å². The molecule has 2 N–H and O–H groups in total. The highest BCUT2D eigenvalue weighted by molar-refractivity contribution is 6.08. The van der Waals surface area contributed by atoms with Gasteiger partial charge in [0.15, 0.2) is 0 Å². The number of benzene rings is 1. The molecule has 1 aromatic carbocycles. The van der Waals surface area contributed by atoms with Crippen molar-refractivity contribution in [2.45, 2.75) is 26.7 Å². The van der Waals surface area contributed by atoms with Gasteiger partial charge < -0.3 is 15.5 Å². The molecular weight excluding hydrogens is 224 g/mol. The van der Waals surface area contributed by atoms with Crippen molar-refractivity contribution in [1.29, 1.82) is 5.41 Å². The van der Waals surface area contributed by atoms with E-state index in [1.807, 2.05) is 31.3 Å². The van der Waals surface area contributed by atoms with Crippen LogP contribution in [-0.2, 0) is 0 Å². The Balaban J connectivity index is 2.81. The van der Waals surface area contributed by atoms with Crippen molar-refractivity contribution in [3.63, 3.8) is 0 Å². The van der Waals surface area contributed by atoms with E-state index < -0.39 is 0 Å². The van der Waals surface area contributed by atoms with Gasteiger partial charge in [-0.2, -0.15) is 0 Å². The van der Waals surface area contributed by atoms with E-state index in [4.69, 9.17) is 10.1 Å². The maximum Gasteiger partial charge on any atom is 0.121 e. The fraction of sp³-hybridized carbons (Fsp3) is 0.400.